The summed E-state index contributed by atoms with van der Waals surface area (Å²) in [5.74, 6) is -0.504. The number of benzene rings is 1. The third-order valence-electron chi connectivity index (χ3n) is 5.88. The number of rotatable bonds is 7. The van der Waals surface area contributed by atoms with Crippen LogP contribution >= 0.6 is 11.3 Å². The zero-order chi connectivity index (χ0) is 21.6. The summed E-state index contributed by atoms with van der Waals surface area (Å²) < 4.78 is 5.78. The Morgan fingerprint density at radius 2 is 2.03 bits per heavy atom. The third-order valence-corrected chi connectivity index (χ3v) is 6.74. The Labute approximate surface area is 187 Å². The van der Waals surface area contributed by atoms with E-state index in [4.69, 9.17) is 10.5 Å². The number of primary amides is 1. The van der Waals surface area contributed by atoms with Gasteiger partial charge in [0.05, 0.1) is 24.0 Å². The molecule has 4 rings (SSSR count). The largest absolute Gasteiger partial charge is 0.376 e. The number of nitrogens with one attached hydrogen (secondary N) is 1. The predicted molar refractivity (Wildman–Crippen MR) is 124 cm³/mol. The second-order valence-electron chi connectivity index (χ2n) is 8.17. The maximum Gasteiger partial charge on any atom is 0.322 e. The lowest BCUT2D eigenvalue weighted by Gasteiger charge is -2.32. The number of anilines is 2. The van der Waals surface area contributed by atoms with Crippen molar-refractivity contribution in [2.75, 3.05) is 36.5 Å². The lowest BCUT2D eigenvalue weighted by molar-refractivity contribution is 0.0821. The molecular formula is C23H30N4O3S. The van der Waals surface area contributed by atoms with Crippen molar-refractivity contribution in [1.29, 1.82) is 0 Å². The monoisotopic (exact) mass is 442 g/mol. The Morgan fingerprint density at radius 1 is 1.19 bits per heavy atom. The molecule has 31 heavy (non-hydrogen) atoms. The highest BCUT2D eigenvalue weighted by molar-refractivity contribution is 7.09. The fourth-order valence-electron chi connectivity index (χ4n) is 4.24. The van der Waals surface area contributed by atoms with Gasteiger partial charge in [0.15, 0.2) is 0 Å². The second-order valence-corrected chi connectivity index (χ2v) is 9.20. The number of ether oxygens (including phenoxy) is 1. The Morgan fingerprint density at radius 3 is 2.71 bits per heavy atom. The molecule has 2 fully saturated rings. The van der Waals surface area contributed by atoms with E-state index in [-0.39, 0.29) is 12.1 Å². The molecule has 3 amide bonds. The summed E-state index contributed by atoms with van der Waals surface area (Å²) in [6, 6.07) is 9.16. The van der Waals surface area contributed by atoms with E-state index in [9.17, 15) is 9.59 Å². The minimum atomic E-state index is -0.504. The van der Waals surface area contributed by atoms with E-state index >= 15 is 0 Å². The zero-order valence-corrected chi connectivity index (χ0v) is 18.5. The van der Waals surface area contributed by atoms with Crippen LogP contribution < -0.4 is 16.0 Å². The van der Waals surface area contributed by atoms with Crippen molar-refractivity contribution in [3.8, 4) is 0 Å². The van der Waals surface area contributed by atoms with Gasteiger partial charge in [0.2, 0.25) is 5.91 Å². The van der Waals surface area contributed by atoms with E-state index in [1.165, 1.54) is 6.42 Å². The van der Waals surface area contributed by atoms with Crippen molar-refractivity contribution in [2.24, 2.45) is 5.73 Å². The van der Waals surface area contributed by atoms with Crippen molar-refractivity contribution in [2.45, 2.75) is 44.8 Å². The average Bonchev–Trinajstić information content (AvgIpc) is 3.48. The van der Waals surface area contributed by atoms with Gasteiger partial charge < -0.3 is 25.6 Å². The SMILES string of the molecule is NC(=O)c1ccc(N2CCCCC2)c(NC(=O)N(Cc2cccs2)CC2CCCO2)c1. The Balaban J connectivity index is 1.56. The normalized spacial score (nSPS) is 18.7. The number of thiophene rings is 1. The summed E-state index contributed by atoms with van der Waals surface area (Å²) in [5, 5.41) is 5.09. The van der Waals surface area contributed by atoms with Crippen LogP contribution in [0.3, 0.4) is 0 Å². The number of urea groups is 1. The van der Waals surface area contributed by atoms with Gasteiger partial charge in [0.1, 0.15) is 0 Å². The van der Waals surface area contributed by atoms with Crippen LogP contribution in [0.5, 0.6) is 0 Å². The quantitative estimate of drug-likeness (QED) is 0.677. The van der Waals surface area contributed by atoms with Crippen molar-refractivity contribution in [3.63, 3.8) is 0 Å². The van der Waals surface area contributed by atoms with E-state index in [2.05, 4.69) is 10.2 Å². The number of nitrogens with two attached hydrogens (primary N) is 1. The maximum atomic E-state index is 13.4. The van der Waals surface area contributed by atoms with Gasteiger partial charge in [-0.15, -0.1) is 11.3 Å². The molecule has 3 heterocycles. The van der Waals surface area contributed by atoms with Crippen LogP contribution in [0.1, 0.15) is 47.3 Å². The van der Waals surface area contributed by atoms with Gasteiger partial charge in [0.25, 0.3) is 0 Å². The van der Waals surface area contributed by atoms with Crippen LogP contribution in [0, 0.1) is 0 Å². The van der Waals surface area contributed by atoms with Gasteiger partial charge in [-0.3, -0.25) is 4.79 Å². The first-order chi connectivity index (χ1) is 15.1. The summed E-state index contributed by atoms with van der Waals surface area (Å²) in [4.78, 5) is 30.3. The smallest absolute Gasteiger partial charge is 0.322 e. The topological polar surface area (TPSA) is 87.9 Å². The molecule has 2 aliphatic rings. The minimum Gasteiger partial charge on any atom is -0.376 e. The molecule has 3 N–H and O–H groups in total. The number of carbonyl (C=O) groups excluding carboxylic acids is 2. The molecular weight excluding hydrogens is 412 g/mol. The molecule has 2 saturated heterocycles. The third kappa shape index (κ3) is 5.57. The summed E-state index contributed by atoms with van der Waals surface area (Å²) in [5.41, 5.74) is 7.47. The van der Waals surface area contributed by atoms with Crippen molar-refractivity contribution in [1.82, 2.24) is 4.90 Å². The highest BCUT2D eigenvalue weighted by Crippen LogP contribution is 2.30. The van der Waals surface area contributed by atoms with Crippen LogP contribution in [-0.4, -0.2) is 49.2 Å². The Hall–Kier alpha value is -2.58. The van der Waals surface area contributed by atoms with Gasteiger partial charge in [-0.2, -0.15) is 0 Å². The molecule has 0 aliphatic carbocycles. The van der Waals surface area contributed by atoms with Gasteiger partial charge in [-0.25, -0.2) is 4.79 Å². The summed E-state index contributed by atoms with van der Waals surface area (Å²) in [7, 11) is 0. The minimum absolute atomic E-state index is 0.0595. The van der Waals surface area contributed by atoms with E-state index < -0.39 is 5.91 Å². The molecule has 166 valence electrons. The molecule has 2 aromatic rings. The van der Waals surface area contributed by atoms with Gasteiger partial charge in [-0.05, 0) is 61.7 Å². The molecule has 0 spiro atoms. The standard InChI is InChI=1S/C23H30N4O3S/c24-22(28)17-8-9-21(26-10-2-1-3-11-26)20(14-17)25-23(29)27(15-18-6-4-12-30-18)16-19-7-5-13-31-19/h5,7-9,13-14,18H,1-4,6,10-12,15-16H2,(H2,24,28)(H,25,29). The van der Waals surface area contributed by atoms with Crippen LogP contribution in [-0.2, 0) is 11.3 Å². The van der Waals surface area contributed by atoms with Crippen molar-refractivity contribution < 1.29 is 14.3 Å². The molecule has 0 bridgehead atoms. The molecule has 0 radical (unpaired) electrons. The molecule has 1 atom stereocenters. The first kappa shape index (κ1) is 21.6. The number of carbonyl (C=O) groups is 2. The van der Waals surface area contributed by atoms with E-state index in [1.807, 2.05) is 23.6 Å². The maximum absolute atomic E-state index is 13.4. The van der Waals surface area contributed by atoms with Crippen LogP contribution in [0.2, 0.25) is 0 Å². The van der Waals surface area contributed by atoms with E-state index in [0.717, 1.165) is 55.9 Å². The molecule has 2 aliphatic heterocycles. The number of hydrogen-bond donors (Lipinski definition) is 2. The number of nitrogens with zero attached hydrogens (tertiary/aromatic N) is 2. The molecule has 7 nitrogen and oxygen atoms in total. The molecule has 0 saturated carbocycles. The second kappa shape index (κ2) is 10.2. The van der Waals surface area contributed by atoms with Gasteiger partial charge in [0, 0.05) is 36.7 Å². The van der Waals surface area contributed by atoms with Crippen LogP contribution in [0.4, 0.5) is 16.2 Å². The highest BCUT2D eigenvalue weighted by Gasteiger charge is 2.25. The van der Waals surface area contributed by atoms with E-state index in [0.29, 0.717) is 24.3 Å². The number of hydrogen-bond acceptors (Lipinski definition) is 5. The molecule has 8 heteroatoms. The molecule has 1 aromatic carbocycles. The summed E-state index contributed by atoms with van der Waals surface area (Å²) in [6.07, 6.45) is 5.50. The lowest BCUT2D eigenvalue weighted by atomic mass is 10.1. The van der Waals surface area contributed by atoms with Crippen molar-refractivity contribution >= 4 is 34.6 Å². The first-order valence-corrected chi connectivity index (χ1v) is 11.9. The molecule has 1 unspecified atom stereocenters. The first-order valence-electron chi connectivity index (χ1n) is 11.0. The Kier molecular flexibility index (Phi) is 7.09. The summed E-state index contributed by atoms with van der Waals surface area (Å²) >= 11 is 1.63. The highest BCUT2D eigenvalue weighted by atomic mass is 32.1. The van der Waals surface area contributed by atoms with Crippen molar-refractivity contribution in [3.05, 3.63) is 46.2 Å². The Bertz CT molecular complexity index is 890. The van der Waals surface area contributed by atoms with E-state index in [1.54, 1.807) is 28.4 Å². The van der Waals surface area contributed by atoms with Gasteiger partial charge in [-0.1, -0.05) is 6.07 Å². The molecule has 1 aromatic heterocycles. The van der Waals surface area contributed by atoms with Gasteiger partial charge >= 0.3 is 6.03 Å². The predicted octanol–water partition coefficient (Wildman–Crippen LogP) is 4.05. The number of amides is 3. The average molecular weight is 443 g/mol. The zero-order valence-electron chi connectivity index (χ0n) is 17.7. The fourth-order valence-corrected chi connectivity index (χ4v) is 4.96. The van der Waals surface area contributed by atoms with Crippen LogP contribution in [0.15, 0.2) is 35.7 Å². The fraction of sp³-hybridized carbons (Fsp3) is 0.478. The lowest BCUT2D eigenvalue weighted by Crippen LogP contribution is -2.40. The summed E-state index contributed by atoms with van der Waals surface area (Å²) in [6.45, 7) is 3.69. The van der Waals surface area contributed by atoms with Crippen LogP contribution in [0.25, 0.3) is 0 Å². The number of piperidine rings is 1.